The Labute approximate surface area is 171 Å². The predicted molar refractivity (Wildman–Crippen MR) is 107 cm³/mol. The molecule has 2 aromatic rings. The van der Waals surface area contributed by atoms with Gasteiger partial charge in [0.1, 0.15) is 22.6 Å². The summed E-state index contributed by atoms with van der Waals surface area (Å²) in [5, 5.41) is -0.557. The fraction of sp³-hybridized carbons (Fsp3) is 0.364. The normalized spacial score (nSPS) is 18.9. The van der Waals surface area contributed by atoms with Crippen molar-refractivity contribution in [3.8, 4) is 0 Å². The number of allylic oxidation sites excluding steroid dienone is 1. The van der Waals surface area contributed by atoms with E-state index in [9.17, 15) is 18.4 Å². The van der Waals surface area contributed by atoms with Gasteiger partial charge in [0, 0.05) is 17.3 Å². The number of carbonyl (C=O) groups excluding carboxylic acids is 1. The largest absolute Gasteiger partial charge is 0.462 e. The van der Waals surface area contributed by atoms with Crippen molar-refractivity contribution in [1.82, 2.24) is 0 Å². The maximum absolute atomic E-state index is 14.5. The number of benzene rings is 1. The van der Waals surface area contributed by atoms with E-state index in [1.54, 1.807) is 13.8 Å². The highest BCUT2D eigenvalue weighted by Gasteiger charge is 2.44. The minimum atomic E-state index is -1.33. The second-order valence-electron chi connectivity index (χ2n) is 7.13. The molecule has 0 fully saturated rings. The average Bonchev–Trinajstić information content (AvgIpc) is 2.67. The summed E-state index contributed by atoms with van der Waals surface area (Å²) in [5.74, 6) is -4.14. The van der Waals surface area contributed by atoms with Crippen LogP contribution in [0.4, 0.5) is 8.78 Å². The molecule has 0 aliphatic carbocycles. The number of nitrogens with zero attached hydrogens (tertiary/aromatic N) is 2. The van der Waals surface area contributed by atoms with Crippen LogP contribution in [0.3, 0.4) is 0 Å². The number of carbonyl (C=O) groups is 1. The van der Waals surface area contributed by atoms with E-state index >= 15 is 0 Å². The third-order valence-corrected chi connectivity index (χ3v) is 4.96. The molecule has 0 radical (unpaired) electrons. The van der Waals surface area contributed by atoms with Gasteiger partial charge in [-0.2, -0.15) is 0 Å². The van der Waals surface area contributed by atoms with Gasteiger partial charge in [-0.25, -0.2) is 20.1 Å². The van der Waals surface area contributed by atoms with E-state index in [0.717, 1.165) is 12.1 Å². The molecule has 0 amide bonds. The molecule has 8 heteroatoms. The highest BCUT2D eigenvalue weighted by molar-refractivity contribution is 6.01. The van der Waals surface area contributed by atoms with Gasteiger partial charge in [-0.05, 0) is 33.3 Å². The molecular formula is C22H20F2N2O4. The van der Waals surface area contributed by atoms with Crippen molar-refractivity contribution in [1.29, 1.82) is 0 Å². The van der Waals surface area contributed by atoms with Crippen LogP contribution in [0.25, 0.3) is 15.8 Å². The molecule has 1 aliphatic heterocycles. The summed E-state index contributed by atoms with van der Waals surface area (Å²) < 4.78 is 39.9. The topological polar surface area (TPSA) is 73.2 Å². The predicted octanol–water partition coefficient (Wildman–Crippen LogP) is 4.45. The minimum Gasteiger partial charge on any atom is -0.462 e. The number of halogens is 2. The Kier molecular flexibility index (Phi) is 5.83. The van der Waals surface area contributed by atoms with Crippen LogP contribution in [0.15, 0.2) is 37.6 Å². The van der Waals surface area contributed by atoms with Crippen LogP contribution in [0.1, 0.15) is 44.4 Å². The third-order valence-electron chi connectivity index (χ3n) is 4.96. The number of rotatable bonds is 4. The summed E-state index contributed by atoms with van der Waals surface area (Å²) >= 11 is 0. The van der Waals surface area contributed by atoms with Gasteiger partial charge in [0.2, 0.25) is 0 Å². The third kappa shape index (κ3) is 3.52. The number of fused-ring (bicyclic) bond motifs is 1. The lowest BCUT2D eigenvalue weighted by molar-refractivity contribution is -0.139. The molecule has 30 heavy (non-hydrogen) atoms. The second-order valence-corrected chi connectivity index (χ2v) is 7.13. The van der Waals surface area contributed by atoms with E-state index in [0.29, 0.717) is 17.8 Å². The van der Waals surface area contributed by atoms with Gasteiger partial charge in [0.05, 0.1) is 17.9 Å². The smallest absolute Gasteiger partial charge is 0.336 e. The zero-order valence-electron chi connectivity index (χ0n) is 17.0. The number of hydrogen-bond donors (Lipinski definition) is 0. The van der Waals surface area contributed by atoms with Gasteiger partial charge < -0.3 is 14.0 Å². The van der Waals surface area contributed by atoms with Gasteiger partial charge in [-0.1, -0.05) is 6.92 Å². The van der Waals surface area contributed by atoms with Crippen LogP contribution in [0.2, 0.25) is 0 Å². The molecule has 0 spiro atoms. The van der Waals surface area contributed by atoms with E-state index in [1.165, 1.54) is 6.92 Å². The van der Waals surface area contributed by atoms with Crippen molar-refractivity contribution in [3.05, 3.63) is 68.0 Å². The number of ether oxygens (including phenoxy) is 1. The van der Waals surface area contributed by atoms with E-state index in [4.69, 9.17) is 15.7 Å². The Morgan fingerprint density at radius 2 is 2.00 bits per heavy atom. The zero-order valence-corrected chi connectivity index (χ0v) is 17.0. The van der Waals surface area contributed by atoms with Gasteiger partial charge in [-0.15, -0.1) is 0 Å². The maximum atomic E-state index is 14.5. The van der Waals surface area contributed by atoms with Crippen molar-refractivity contribution in [2.45, 2.75) is 46.1 Å². The maximum Gasteiger partial charge on any atom is 0.336 e. The Balaban J connectivity index is 2.38. The fourth-order valence-corrected chi connectivity index (χ4v) is 3.69. The lowest BCUT2D eigenvalue weighted by atomic mass is 9.79. The van der Waals surface area contributed by atoms with E-state index < -0.39 is 40.4 Å². The average molecular weight is 414 g/mol. The number of aliphatic imine (C=N–C) groups is 1. The van der Waals surface area contributed by atoms with E-state index in [1.807, 2.05) is 6.92 Å². The second kappa shape index (κ2) is 8.19. The molecule has 0 N–H and O–H groups in total. The molecule has 2 unspecified atom stereocenters. The first kappa shape index (κ1) is 21.4. The summed E-state index contributed by atoms with van der Waals surface area (Å²) in [5.41, 5.74) is -0.128. The standard InChI is InChI=1S/C22H20F2N2O4/c1-6-7-29-22(28)16-11(3)26-12(4)20(25-5)17(16)13-9-14(23)19(24)18-15(27)8-10(2)30-21(13)18/h8-9,17,20H,6-7H2,1-4H3. The van der Waals surface area contributed by atoms with E-state index in [2.05, 4.69) is 9.84 Å². The number of hydrogen-bond acceptors (Lipinski definition) is 5. The minimum absolute atomic E-state index is 0.0303. The molecule has 2 heterocycles. The highest BCUT2D eigenvalue weighted by Crippen LogP contribution is 2.41. The SMILES string of the molecule is [C-]#[N+]C1C(C)=NC(C)=C(C(=O)OCCC)C1c1cc(F)c(F)c2c(=O)cc(C)oc12. The Bertz CT molecular complexity index is 1200. The van der Waals surface area contributed by atoms with Crippen molar-refractivity contribution in [2.24, 2.45) is 4.99 Å². The van der Waals surface area contributed by atoms with Crippen molar-refractivity contribution >= 4 is 22.7 Å². The van der Waals surface area contributed by atoms with Gasteiger partial charge in [0.15, 0.2) is 17.1 Å². The Morgan fingerprint density at radius 3 is 2.63 bits per heavy atom. The molecule has 0 bridgehead atoms. The lowest BCUT2D eigenvalue weighted by Gasteiger charge is -2.26. The quantitative estimate of drug-likeness (QED) is 0.547. The monoisotopic (exact) mass is 414 g/mol. The van der Waals surface area contributed by atoms with Crippen LogP contribution in [-0.2, 0) is 9.53 Å². The number of esters is 1. The molecule has 0 saturated heterocycles. The molecule has 0 saturated carbocycles. The molecule has 3 rings (SSSR count). The molecule has 1 aromatic heterocycles. The van der Waals surface area contributed by atoms with Gasteiger partial charge >= 0.3 is 5.97 Å². The highest BCUT2D eigenvalue weighted by atomic mass is 19.2. The van der Waals surface area contributed by atoms with Crippen molar-refractivity contribution in [3.63, 3.8) is 0 Å². The fourth-order valence-electron chi connectivity index (χ4n) is 3.69. The van der Waals surface area contributed by atoms with Crippen molar-refractivity contribution in [2.75, 3.05) is 6.61 Å². The molecule has 156 valence electrons. The summed E-state index contributed by atoms with van der Waals surface area (Å²) in [6, 6.07) is 0.963. The lowest BCUT2D eigenvalue weighted by Crippen LogP contribution is -2.33. The summed E-state index contributed by atoms with van der Waals surface area (Å²) in [6.07, 6.45) is 0.583. The summed E-state index contributed by atoms with van der Waals surface area (Å²) in [6.45, 7) is 14.3. The van der Waals surface area contributed by atoms with Crippen LogP contribution in [0, 0.1) is 25.1 Å². The molecule has 2 atom stereocenters. The Morgan fingerprint density at radius 1 is 1.30 bits per heavy atom. The zero-order chi connectivity index (χ0) is 22.2. The summed E-state index contributed by atoms with van der Waals surface area (Å²) in [7, 11) is 0. The van der Waals surface area contributed by atoms with E-state index in [-0.39, 0.29) is 29.1 Å². The molecule has 1 aromatic carbocycles. The van der Waals surface area contributed by atoms with Crippen LogP contribution < -0.4 is 5.43 Å². The van der Waals surface area contributed by atoms with Crippen LogP contribution >= 0.6 is 0 Å². The first-order chi connectivity index (χ1) is 14.2. The van der Waals surface area contributed by atoms with Gasteiger partial charge in [0.25, 0.3) is 6.04 Å². The summed E-state index contributed by atoms with van der Waals surface area (Å²) in [4.78, 5) is 33.1. The first-order valence-electron chi connectivity index (χ1n) is 9.43. The molecular weight excluding hydrogens is 394 g/mol. The Hall–Kier alpha value is -3.34. The van der Waals surface area contributed by atoms with Crippen LogP contribution in [-0.4, -0.2) is 24.3 Å². The first-order valence-corrected chi connectivity index (χ1v) is 9.43. The molecule has 1 aliphatic rings. The molecule has 6 nitrogen and oxygen atoms in total. The van der Waals surface area contributed by atoms with Crippen LogP contribution in [0.5, 0.6) is 0 Å². The van der Waals surface area contributed by atoms with Crippen molar-refractivity contribution < 1.29 is 22.7 Å². The van der Waals surface area contributed by atoms with Gasteiger partial charge in [-0.3, -0.25) is 9.79 Å². The number of aryl methyl sites for hydroxylation is 1.